The highest BCUT2D eigenvalue weighted by atomic mass is 15.0. The number of hydrogen-bond donors (Lipinski definition) is 0. The van der Waals surface area contributed by atoms with Crippen LogP contribution in [-0.2, 0) is 10.8 Å². The van der Waals surface area contributed by atoms with Gasteiger partial charge in [-0.2, -0.15) is 0 Å². The summed E-state index contributed by atoms with van der Waals surface area (Å²) in [5.74, 6) is 0.725. The third kappa shape index (κ3) is 6.00. The Bertz CT molecular complexity index is 4340. The van der Waals surface area contributed by atoms with Gasteiger partial charge in [-0.25, -0.2) is 9.97 Å². The predicted molar refractivity (Wildman–Crippen MR) is 306 cm³/mol. The van der Waals surface area contributed by atoms with E-state index in [1.165, 1.54) is 99.1 Å². The Labute approximate surface area is 424 Å². The fraction of sp³-hybridized carbons (Fsp3) is 0.0857. The number of benzene rings is 11. The lowest BCUT2D eigenvalue weighted by atomic mass is 9.81. The summed E-state index contributed by atoms with van der Waals surface area (Å²) in [6, 6.07) is 83.0. The van der Waals surface area contributed by atoms with Gasteiger partial charge in [0.05, 0.1) is 22.2 Å². The second-order valence-electron chi connectivity index (χ2n) is 21.3. The van der Waals surface area contributed by atoms with Crippen molar-refractivity contribution in [2.75, 3.05) is 0 Å². The van der Waals surface area contributed by atoms with Crippen LogP contribution in [0.25, 0.3) is 127 Å². The zero-order chi connectivity index (χ0) is 48.7. The molecule has 2 heterocycles. The van der Waals surface area contributed by atoms with Crippen molar-refractivity contribution in [3.63, 3.8) is 0 Å². The van der Waals surface area contributed by atoms with E-state index in [9.17, 15) is 0 Å². The molecule has 0 spiro atoms. The molecule has 0 aliphatic heterocycles. The zero-order valence-electron chi connectivity index (χ0n) is 41.2. The topological polar surface area (TPSA) is 30.7 Å². The first kappa shape index (κ1) is 41.8. The van der Waals surface area contributed by atoms with Crippen molar-refractivity contribution in [2.24, 2.45) is 0 Å². The summed E-state index contributed by atoms with van der Waals surface area (Å²) in [6.45, 7) is 9.39. The minimum Gasteiger partial charge on any atom is -0.309 e. The van der Waals surface area contributed by atoms with E-state index in [4.69, 9.17) is 9.97 Å². The summed E-state index contributed by atoms with van der Waals surface area (Å²) in [6.07, 6.45) is 0. The fourth-order valence-corrected chi connectivity index (χ4v) is 13.0. The van der Waals surface area contributed by atoms with Crippen molar-refractivity contribution in [2.45, 2.75) is 38.5 Å². The van der Waals surface area contributed by atoms with Crippen LogP contribution in [0, 0.1) is 0 Å². The number of nitrogens with zero attached hydrogens (tertiary/aromatic N) is 3. The highest BCUT2D eigenvalue weighted by molar-refractivity contribution is 6.31. The summed E-state index contributed by atoms with van der Waals surface area (Å²) >= 11 is 0. The number of hydrogen-bond acceptors (Lipinski definition) is 2. The fourth-order valence-electron chi connectivity index (χ4n) is 13.0. The van der Waals surface area contributed by atoms with Crippen molar-refractivity contribution in [1.29, 1.82) is 0 Å². The molecule has 3 nitrogen and oxygen atoms in total. The molecule has 0 fully saturated rings. The van der Waals surface area contributed by atoms with Gasteiger partial charge in [-0.3, -0.25) is 0 Å². The highest BCUT2D eigenvalue weighted by Gasteiger charge is 2.37. The molecule has 13 aromatic rings. The lowest BCUT2D eigenvalue weighted by molar-refractivity contribution is 0.660. The quantitative estimate of drug-likeness (QED) is 0.172. The van der Waals surface area contributed by atoms with Gasteiger partial charge >= 0.3 is 0 Å². The maximum atomic E-state index is 5.70. The van der Waals surface area contributed by atoms with Crippen LogP contribution in [-0.4, -0.2) is 14.5 Å². The molecule has 2 aromatic heterocycles. The lowest BCUT2D eigenvalue weighted by Gasteiger charge is -2.22. The third-order valence-electron chi connectivity index (χ3n) is 16.6. The van der Waals surface area contributed by atoms with Gasteiger partial charge in [0.15, 0.2) is 5.82 Å². The average molecular weight is 932 g/mol. The van der Waals surface area contributed by atoms with Gasteiger partial charge in [-0.05, 0) is 131 Å². The Morgan fingerprint density at radius 3 is 1.32 bits per heavy atom. The van der Waals surface area contributed by atoms with Crippen molar-refractivity contribution in [3.8, 4) is 72.8 Å². The van der Waals surface area contributed by atoms with Crippen LogP contribution in [0.15, 0.2) is 224 Å². The smallest absolute Gasteiger partial charge is 0.160 e. The van der Waals surface area contributed by atoms with E-state index in [0.29, 0.717) is 0 Å². The SMILES string of the molecule is CC1(C)c2ccccc2-c2ccc(-c3nc(-c4ccc5c(c4)C(C)(C)c4ccccc4-5)c4cc(-n5c6cc(-c7ccccc7)c7ccccc7c6c6c7ccccc7c(-c7ccccc7)cc65)ccc4n3)cc21. The van der Waals surface area contributed by atoms with E-state index in [1.54, 1.807) is 0 Å². The molecule has 2 aliphatic carbocycles. The normalized spacial score (nSPS) is 14.0. The summed E-state index contributed by atoms with van der Waals surface area (Å²) < 4.78 is 2.52. The molecule has 15 rings (SSSR count). The molecule has 11 aromatic carbocycles. The molecule has 0 amide bonds. The Morgan fingerprint density at radius 1 is 0.315 bits per heavy atom. The predicted octanol–water partition coefficient (Wildman–Crippen LogP) is 18.3. The lowest BCUT2D eigenvalue weighted by Crippen LogP contribution is -2.15. The molecular weight excluding hydrogens is 883 g/mol. The number of aromatic nitrogens is 3. The highest BCUT2D eigenvalue weighted by Crippen LogP contribution is 2.52. The molecule has 73 heavy (non-hydrogen) atoms. The third-order valence-corrected chi connectivity index (χ3v) is 16.6. The monoisotopic (exact) mass is 931 g/mol. The van der Waals surface area contributed by atoms with Gasteiger partial charge in [-0.1, -0.05) is 210 Å². The minimum absolute atomic E-state index is 0.156. The van der Waals surface area contributed by atoms with Gasteiger partial charge in [0.2, 0.25) is 0 Å². The van der Waals surface area contributed by atoms with Gasteiger partial charge in [0.25, 0.3) is 0 Å². The Kier molecular flexibility index (Phi) is 8.76. The maximum absolute atomic E-state index is 5.70. The molecule has 0 unspecified atom stereocenters. The molecular formula is C70H49N3. The molecule has 0 atom stereocenters. The molecule has 3 heteroatoms. The minimum atomic E-state index is -0.180. The van der Waals surface area contributed by atoms with Crippen LogP contribution >= 0.6 is 0 Å². The molecule has 0 saturated heterocycles. The summed E-state index contributed by atoms with van der Waals surface area (Å²) in [5, 5.41) is 8.43. The number of fused-ring (bicyclic) bond motifs is 14. The molecule has 0 radical (unpaired) electrons. The van der Waals surface area contributed by atoms with E-state index in [2.05, 4.69) is 257 Å². The Balaban J connectivity index is 1.03. The van der Waals surface area contributed by atoms with E-state index in [-0.39, 0.29) is 10.8 Å². The molecule has 344 valence electrons. The van der Waals surface area contributed by atoms with Crippen molar-refractivity contribution in [1.82, 2.24) is 14.5 Å². The van der Waals surface area contributed by atoms with E-state index in [0.717, 1.165) is 50.3 Å². The summed E-state index contributed by atoms with van der Waals surface area (Å²) in [7, 11) is 0. The standard InChI is InChI=1S/C70H49N3/c1-69(2)58-29-17-15-25-49(58)51-34-31-44(37-60(51)69)67-57-39-46(33-36-62(57)71-68(72-67)45-32-35-52-50-26-16-18-30-59(50)70(3,4)61(52)38-45)73-63-40-55(42-19-7-5-8-20-42)47-23-11-13-27-53(47)65(63)66-54-28-14-12-24-48(54)56(41-64(66)73)43-21-9-6-10-22-43/h5-41H,1-4H3. The van der Waals surface area contributed by atoms with Gasteiger partial charge in [-0.15, -0.1) is 0 Å². The first-order chi connectivity index (χ1) is 35.7. The summed E-state index contributed by atoms with van der Waals surface area (Å²) in [4.78, 5) is 11.2. The first-order valence-electron chi connectivity index (χ1n) is 25.6. The van der Waals surface area contributed by atoms with Crippen LogP contribution in [0.4, 0.5) is 0 Å². The van der Waals surface area contributed by atoms with E-state index < -0.39 is 0 Å². The second kappa shape index (κ2) is 15.3. The first-order valence-corrected chi connectivity index (χ1v) is 25.6. The van der Waals surface area contributed by atoms with Crippen LogP contribution in [0.5, 0.6) is 0 Å². The average Bonchev–Trinajstić information content (AvgIpc) is 3.99. The van der Waals surface area contributed by atoms with Crippen LogP contribution in [0.3, 0.4) is 0 Å². The maximum Gasteiger partial charge on any atom is 0.160 e. The van der Waals surface area contributed by atoms with E-state index in [1.807, 2.05) is 0 Å². The second-order valence-corrected chi connectivity index (χ2v) is 21.3. The van der Waals surface area contributed by atoms with Crippen LogP contribution in [0.1, 0.15) is 49.9 Å². The summed E-state index contributed by atoms with van der Waals surface area (Å²) in [5.41, 5.74) is 22.3. The van der Waals surface area contributed by atoms with Crippen molar-refractivity contribution in [3.05, 3.63) is 247 Å². The van der Waals surface area contributed by atoms with Gasteiger partial charge < -0.3 is 4.57 Å². The van der Waals surface area contributed by atoms with Crippen molar-refractivity contribution >= 4 is 54.3 Å². The largest absolute Gasteiger partial charge is 0.309 e. The van der Waals surface area contributed by atoms with E-state index >= 15 is 0 Å². The zero-order valence-corrected chi connectivity index (χ0v) is 41.2. The van der Waals surface area contributed by atoms with Gasteiger partial charge in [0, 0.05) is 43.8 Å². The Hall–Kier alpha value is -8.92. The number of rotatable bonds is 5. The molecule has 0 N–H and O–H groups in total. The van der Waals surface area contributed by atoms with Crippen LogP contribution < -0.4 is 0 Å². The van der Waals surface area contributed by atoms with Gasteiger partial charge in [0.1, 0.15) is 0 Å². The molecule has 0 bridgehead atoms. The Morgan fingerprint density at radius 2 is 0.767 bits per heavy atom. The van der Waals surface area contributed by atoms with Crippen LogP contribution in [0.2, 0.25) is 0 Å². The van der Waals surface area contributed by atoms with Crippen molar-refractivity contribution < 1.29 is 0 Å². The molecule has 2 aliphatic rings. The molecule has 0 saturated carbocycles.